The van der Waals surface area contributed by atoms with Gasteiger partial charge in [0, 0.05) is 25.2 Å². The molecule has 1 unspecified atom stereocenters. The van der Waals surface area contributed by atoms with Crippen LogP contribution in [0.15, 0.2) is 24.3 Å². The predicted octanol–water partition coefficient (Wildman–Crippen LogP) is 3.81. The molecule has 1 N–H and O–H groups in total. The van der Waals surface area contributed by atoms with E-state index in [0.29, 0.717) is 0 Å². The Morgan fingerprint density at radius 1 is 1.25 bits per heavy atom. The van der Waals surface area contributed by atoms with Crippen LogP contribution < -0.4 is 5.32 Å². The summed E-state index contributed by atoms with van der Waals surface area (Å²) in [5, 5.41) is 3.56. The molecule has 1 saturated heterocycles. The van der Waals surface area contributed by atoms with Gasteiger partial charge in [-0.05, 0) is 57.2 Å². The Bertz CT molecular complexity index is 420. The zero-order valence-electron chi connectivity index (χ0n) is 13.6. The lowest BCUT2D eigenvalue weighted by Gasteiger charge is -2.31. The molecular formula is C18H30N2. The topological polar surface area (TPSA) is 15.3 Å². The van der Waals surface area contributed by atoms with Crippen molar-refractivity contribution in [3.8, 4) is 0 Å². The first-order valence-electron chi connectivity index (χ1n) is 7.97. The van der Waals surface area contributed by atoms with Gasteiger partial charge in [0.15, 0.2) is 0 Å². The van der Waals surface area contributed by atoms with E-state index in [4.69, 9.17) is 0 Å². The van der Waals surface area contributed by atoms with Crippen LogP contribution in [0, 0.1) is 5.92 Å². The largest absolute Gasteiger partial charge is 0.308 e. The van der Waals surface area contributed by atoms with Gasteiger partial charge in [-0.2, -0.15) is 0 Å². The summed E-state index contributed by atoms with van der Waals surface area (Å²) < 4.78 is 0. The molecule has 0 aliphatic carbocycles. The maximum Gasteiger partial charge on any atom is 0.0233 e. The highest BCUT2D eigenvalue weighted by Gasteiger charge is 2.16. The number of benzene rings is 1. The highest BCUT2D eigenvalue weighted by Crippen LogP contribution is 2.18. The molecule has 2 nitrogen and oxygen atoms in total. The summed E-state index contributed by atoms with van der Waals surface area (Å²) in [5.74, 6) is 0.856. The van der Waals surface area contributed by atoms with E-state index in [9.17, 15) is 0 Å². The number of hydrogen-bond donors (Lipinski definition) is 1. The van der Waals surface area contributed by atoms with Crippen LogP contribution in [-0.4, -0.2) is 23.5 Å². The molecule has 0 bridgehead atoms. The Balaban J connectivity index is 1.92. The number of likely N-dealkylation sites (tertiary alicyclic amines) is 1. The highest BCUT2D eigenvalue weighted by atomic mass is 15.1. The Kier molecular flexibility index (Phi) is 5.22. The Morgan fingerprint density at radius 2 is 2.00 bits per heavy atom. The summed E-state index contributed by atoms with van der Waals surface area (Å²) in [4.78, 5) is 2.60. The second-order valence-corrected chi connectivity index (χ2v) is 7.41. The van der Waals surface area contributed by atoms with E-state index in [2.05, 4.69) is 62.2 Å². The third kappa shape index (κ3) is 5.26. The molecular weight excluding hydrogens is 244 g/mol. The molecule has 0 amide bonds. The predicted molar refractivity (Wildman–Crippen MR) is 86.7 cm³/mol. The van der Waals surface area contributed by atoms with Crippen LogP contribution in [0.25, 0.3) is 0 Å². The number of nitrogens with zero attached hydrogens (tertiary/aromatic N) is 1. The Hall–Kier alpha value is -0.860. The standard InChI is InChI=1S/C18H30N2/c1-15-7-6-10-20(13-15)14-17-9-5-8-16(11-17)12-19-18(2,3)4/h5,8-9,11,15,19H,6-7,10,12-14H2,1-4H3. The quantitative estimate of drug-likeness (QED) is 0.898. The van der Waals surface area contributed by atoms with Crippen molar-refractivity contribution in [2.45, 2.75) is 59.2 Å². The second-order valence-electron chi connectivity index (χ2n) is 7.41. The Morgan fingerprint density at radius 3 is 2.70 bits per heavy atom. The van der Waals surface area contributed by atoms with Gasteiger partial charge in [-0.3, -0.25) is 4.90 Å². The molecule has 1 aliphatic rings. The minimum atomic E-state index is 0.179. The number of nitrogens with one attached hydrogen (secondary N) is 1. The normalized spacial score (nSPS) is 21.1. The van der Waals surface area contributed by atoms with Crippen molar-refractivity contribution in [1.29, 1.82) is 0 Å². The van der Waals surface area contributed by atoms with Crippen LogP contribution >= 0.6 is 0 Å². The van der Waals surface area contributed by atoms with Crippen molar-refractivity contribution in [2.24, 2.45) is 5.92 Å². The third-order valence-corrected chi connectivity index (χ3v) is 3.96. The van der Waals surface area contributed by atoms with Crippen molar-refractivity contribution in [3.63, 3.8) is 0 Å². The molecule has 1 aliphatic heterocycles. The average molecular weight is 274 g/mol. The van der Waals surface area contributed by atoms with E-state index in [1.54, 1.807) is 0 Å². The first kappa shape index (κ1) is 15.5. The minimum absolute atomic E-state index is 0.179. The minimum Gasteiger partial charge on any atom is -0.308 e. The van der Waals surface area contributed by atoms with Gasteiger partial charge < -0.3 is 5.32 Å². The van der Waals surface area contributed by atoms with E-state index in [0.717, 1.165) is 19.0 Å². The highest BCUT2D eigenvalue weighted by molar-refractivity contribution is 5.23. The summed E-state index contributed by atoms with van der Waals surface area (Å²) >= 11 is 0. The fourth-order valence-electron chi connectivity index (χ4n) is 2.89. The van der Waals surface area contributed by atoms with Crippen molar-refractivity contribution < 1.29 is 0 Å². The van der Waals surface area contributed by atoms with Crippen LogP contribution in [0.5, 0.6) is 0 Å². The lowest BCUT2D eigenvalue weighted by atomic mass is 9.99. The number of piperidine rings is 1. The van der Waals surface area contributed by atoms with Gasteiger partial charge in [0.05, 0.1) is 0 Å². The molecule has 1 fully saturated rings. The molecule has 0 spiro atoms. The smallest absolute Gasteiger partial charge is 0.0233 e. The van der Waals surface area contributed by atoms with E-state index in [1.807, 2.05) is 0 Å². The van der Waals surface area contributed by atoms with Crippen molar-refractivity contribution >= 4 is 0 Å². The lowest BCUT2D eigenvalue weighted by Crippen LogP contribution is -2.35. The molecule has 2 rings (SSSR count). The summed E-state index contributed by atoms with van der Waals surface area (Å²) in [6.07, 6.45) is 2.75. The summed E-state index contributed by atoms with van der Waals surface area (Å²) in [6.45, 7) is 13.6. The van der Waals surface area contributed by atoms with Crippen molar-refractivity contribution in [1.82, 2.24) is 10.2 Å². The maximum absolute atomic E-state index is 3.56. The lowest BCUT2D eigenvalue weighted by molar-refractivity contribution is 0.176. The van der Waals surface area contributed by atoms with Crippen LogP contribution in [0.3, 0.4) is 0 Å². The molecule has 20 heavy (non-hydrogen) atoms. The second kappa shape index (κ2) is 6.73. The molecule has 0 radical (unpaired) electrons. The van der Waals surface area contributed by atoms with Gasteiger partial charge in [0.2, 0.25) is 0 Å². The zero-order chi connectivity index (χ0) is 14.6. The molecule has 112 valence electrons. The number of rotatable bonds is 4. The fourth-order valence-corrected chi connectivity index (χ4v) is 2.89. The third-order valence-electron chi connectivity index (χ3n) is 3.96. The number of hydrogen-bond acceptors (Lipinski definition) is 2. The van der Waals surface area contributed by atoms with Gasteiger partial charge in [0.25, 0.3) is 0 Å². The van der Waals surface area contributed by atoms with Crippen molar-refractivity contribution in [3.05, 3.63) is 35.4 Å². The SMILES string of the molecule is CC1CCCN(Cc2cccc(CNC(C)(C)C)c2)C1. The van der Waals surface area contributed by atoms with Crippen LogP contribution in [0.4, 0.5) is 0 Å². The van der Waals surface area contributed by atoms with Crippen molar-refractivity contribution in [2.75, 3.05) is 13.1 Å². The average Bonchev–Trinajstić information content (AvgIpc) is 2.36. The summed E-state index contributed by atoms with van der Waals surface area (Å²) in [6, 6.07) is 9.04. The van der Waals surface area contributed by atoms with Crippen LogP contribution in [0.2, 0.25) is 0 Å². The molecule has 0 saturated carbocycles. The van der Waals surface area contributed by atoms with Gasteiger partial charge >= 0.3 is 0 Å². The van der Waals surface area contributed by atoms with Crippen LogP contribution in [0.1, 0.15) is 51.7 Å². The molecule has 1 aromatic rings. The molecule has 1 aromatic carbocycles. The summed E-state index contributed by atoms with van der Waals surface area (Å²) in [7, 11) is 0. The van der Waals surface area contributed by atoms with E-state index >= 15 is 0 Å². The van der Waals surface area contributed by atoms with E-state index in [1.165, 1.54) is 37.1 Å². The van der Waals surface area contributed by atoms with Crippen LogP contribution in [-0.2, 0) is 13.1 Å². The van der Waals surface area contributed by atoms with Gasteiger partial charge in [-0.25, -0.2) is 0 Å². The monoisotopic (exact) mass is 274 g/mol. The summed E-state index contributed by atoms with van der Waals surface area (Å²) in [5.41, 5.74) is 3.02. The molecule has 2 heteroatoms. The van der Waals surface area contributed by atoms with Gasteiger partial charge in [0.1, 0.15) is 0 Å². The van der Waals surface area contributed by atoms with E-state index in [-0.39, 0.29) is 5.54 Å². The Labute approximate surface area is 124 Å². The van der Waals surface area contributed by atoms with Gasteiger partial charge in [-0.1, -0.05) is 31.2 Å². The molecule has 0 aromatic heterocycles. The molecule has 1 atom stereocenters. The fraction of sp³-hybridized carbons (Fsp3) is 0.667. The van der Waals surface area contributed by atoms with Gasteiger partial charge in [-0.15, -0.1) is 0 Å². The molecule has 1 heterocycles. The zero-order valence-corrected chi connectivity index (χ0v) is 13.6. The maximum atomic E-state index is 3.56. The van der Waals surface area contributed by atoms with E-state index < -0.39 is 0 Å². The first-order valence-corrected chi connectivity index (χ1v) is 7.97. The first-order chi connectivity index (χ1) is 9.42.